The van der Waals surface area contributed by atoms with E-state index in [0.717, 1.165) is 23.3 Å². The number of benzene rings is 1. The molecule has 2 aromatic rings. The second-order valence-electron chi connectivity index (χ2n) is 5.17. The van der Waals surface area contributed by atoms with Gasteiger partial charge in [-0.05, 0) is 36.7 Å². The minimum Gasteiger partial charge on any atom is -0.437 e. The summed E-state index contributed by atoms with van der Waals surface area (Å²) in [7, 11) is 0. The smallest absolute Gasteiger partial charge is 0.219 e. The normalized spacial score (nSPS) is 10.9. The van der Waals surface area contributed by atoms with Crippen molar-refractivity contribution in [3.63, 3.8) is 0 Å². The van der Waals surface area contributed by atoms with E-state index in [4.69, 9.17) is 16.3 Å². The second kappa shape index (κ2) is 7.78. The lowest BCUT2D eigenvalue weighted by molar-refractivity contribution is 0.458. The highest BCUT2D eigenvalue weighted by Gasteiger charge is 2.05. The highest BCUT2D eigenvalue weighted by molar-refractivity contribution is 9.10. The van der Waals surface area contributed by atoms with Crippen molar-refractivity contribution in [2.75, 3.05) is 6.54 Å². The Morgan fingerprint density at radius 2 is 2.10 bits per heavy atom. The number of nitrogens with zero attached hydrogens (tertiary/aromatic N) is 1. The maximum absolute atomic E-state index is 6.14. The van der Waals surface area contributed by atoms with Crippen LogP contribution < -0.4 is 10.1 Å². The van der Waals surface area contributed by atoms with Gasteiger partial charge in [-0.2, -0.15) is 0 Å². The van der Waals surface area contributed by atoms with Gasteiger partial charge in [0, 0.05) is 17.1 Å². The van der Waals surface area contributed by atoms with Gasteiger partial charge in [0.15, 0.2) is 0 Å². The molecule has 0 saturated carbocycles. The first-order valence-electron chi connectivity index (χ1n) is 6.84. The maximum Gasteiger partial charge on any atom is 0.219 e. The van der Waals surface area contributed by atoms with Gasteiger partial charge in [-0.25, -0.2) is 4.98 Å². The molecule has 3 nitrogen and oxygen atoms in total. The molecule has 1 aromatic heterocycles. The lowest BCUT2D eigenvalue weighted by atomic mass is 10.2. The van der Waals surface area contributed by atoms with E-state index in [0.29, 0.717) is 22.6 Å². The number of ether oxygens (including phenoxy) is 1. The van der Waals surface area contributed by atoms with Gasteiger partial charge in [-0.15, -0.1) is 0 Å². The van der Waals surface area contributed by atoms with Crippen molar-refractivity contribution in [1.82, 2.24) is 10.3 Å². The molecule has 2 rings (SSSR count). The number of nitrogens with one attached hydrogen (secondary N) is 1. The molecule has 0 aliphatic rings. The van der Waals surface area contributed by atoms with E-state index in [1.54, 1.807) is 6.07 Å². The van der Waals surface area contributed by atoms with Gasteiger partial charge in [0.25, 0.3) is 0 Å². The Kier molecular flexibility index (Phi) is 6.03. The second-order valence-corrected chi connectivity index (χ2v) is 6.49. The lowest BCUT2D eigenvalue weighted by Crippen LogP contribution is -2.19. The molecule has 1 N–H and O–H groups in total. The van der Waals surface area contributed by atoms with Crippen molar-refractivity contribution >= 4 is 27.5 Å². The van der Waals surface area contributed by atoms with Crippen LogP contribution in [0.25, 0.3) is 0 Å². The quantitative estimate of drug-likeness (QED) is 0.775. The van der Waals surface area contributed by atoms with Crippen LogP contribution in [-0.4, -0.2) is 11.5 Å². The Bertz CT molecular complexity index is 605. The Hall–Kier alpha value is -1.10. The third kappa shape index (κ3) is 5.30. The van der Waals surface area contributed by atoms with Crippen molar-refractivity contribution in [2.45, 2.75) is 20.4 Å². The molecule has 0 amide bonds. The topological polar surface area (TPSA) is 34.1 Å². The Morgan fingerprint density at radius 3 is 2.81 bits per heavy atom. The molecule has 21 heavy (non-hydrogen) atoms. The van der Waals surface area contributed by atoms with E-state index in [2.05, 4.69) is 40.1 Å². The first kappa shape index (κ1) is 16.3. The van der Waals surface area contributed by atoms with Crippen molar-refractivity contribution in [3.8, 4) is 11.6 Å². The molecule has 0 saturated heterocycles. The molecule has 0 aliphatic carbocycles. The zero-order valence-electron chi connectivity index (χ0n) is 12.1. The summed E-state index contributed by atoms with van der Waals surface area (Å²) in [5.41, 5.74) is 0.946. The molecular weight excluding hydrogens is 352 g/mol. The average molecular weight is 370 g/mol. The Labute approximate surface area is 138 Å². The minimum atomic E-state index is 0.545. The van der Waals surface area contributed by atoms with Crippen molar-refractivity contribution in [2.24, 2.45) is 5.92 Å². The summed E-state index contributed by atoms with van der Waals surface area (Å²) in [6.45, 7) is 6.04. The zero-order chi connectivity index (χ0) is 15.2. The predicted octanol–water partition coefficient (Wildman–Crippen LogP) is 5.04. The summed E-state index contributed by atoms with van der Waals surface area (Å²) < 4.78 is 6.66. The van der Waals surface area contributed by atoms with Gasteiger partial charge >= 0.3 is 0 Å². The summed E-state index contributed by atoms with van der Waals surface area (Å²) in [6, 6.07) is 11.2. The first-order chi connectivity index (χ1) is 10.0. The standard InChI is InChI=1S/C16H18BrClN2O/c1-11(2)9-19-10-13-4-3-5-16(20-13)21-15-7-6-12(17)8-14(15)18/h3-8,11,19H,9-10H2,1-2H3. The van der Waals surface area contributed by atoms with Crippen LogP contribution in [-0.2, 0) is 6.54 Å². The molecule has 0 spiro atoms. The molecule has 1 heterocycles. The summed E-state index contributed by atoms with van der Waals surface area (Å²) in [6.07, 6.45) is 0. The van der Waals surface area contributed by atoms with Crippen LogP contribution in [0.2, 0.25) is 5.02 Å². The fraction of sp³-hybridized carbons (Fsp3) is 0.312. The summed E-state index contributed by atoms with van der Waals surface area (Å²) in [5.74, 6) is 1.76. The van der Waals surface area contributed by atoms with E-state index in [1.165, 1.54) is 0 Å². The van der Waals surface area contributed by atoms with Crippen molar-refractivity contribution < 1.29 is 4.74 Å². The van der Waals surface area contributed by atoms with Gasteiger partial charge in [0.1, 0.15) is 5.75 Å². The largest absolute Gasteiger partial charge is 0.437 e. The first-order valence-corrected chi connectivity index (χ1v) is 8.01. The van der Waals surface area contributed by atoms with Gasteiger partial charge in [-0.3, -0.25) is 0 Å². The van der Waals surface area contributed by atoms with Crippen LogP contribution in [0.5, 0.6) is 11.6 Å². The Morgan fingerprint density at radius 1 is 1.29 bits per heavy atom. The fourth-order valence-corrected chi connectivity index (χ4v) is 2.48. The van der Waals surface area contributed by atoms with Gasteiger partial charge in [0.05, 0.1) is 10.7 Å². The molecule has 5 heteroatoms. The van der Waals surface area contributed by atoms with Gasteiger partial charge < -0.3 is 10.1 Å². The van der Waals surface area contributed by atoms with Crippen molar-refractivity contribution in [1.29, 1.82) is 0 Å². The number of aromatic nitrogens is 1. The minimum absolute atomic E-state index is 0.545. The summed E-state index contributed by atoms with van der Waals surface area (Å²) in [4.78, 5) is 4.47. The van der Waals surface area contributed by atoms with Gasteiger partial charge in [-0.1, -0.05) is 47.4 Å². The van der Waals surface area contributed by atoms with Crippen LogP contribution in [0.1, 0.15) is 19.5 Å². The zero-order valence-corrected chi connectivity index (χ0v) is 14.4. The number of hydrogen-bond acceptors (Lipinski definition) is 3. The maximum atomic E-state index is 6.14. The Balaban J connectivity index is 2.03. The molecule has 0 bridgehead atoms. The fourth-order valence-electron chi connectivity index (χ4n) is 1.77. The lowest BCUT2D eigenvalue weighted by Gasteiger charge is -2.10. The van der Waals surface area contributed by atoms with Crippen LogP contribution in [0, 0.1) is 5.92 Å². The molecule has 0 atom stereocenters. The molecule has 0 aliphatic heterocycles. The number of halogens is 2. The monoisotopic (exact) mass is 368 g/mol. The highest BCUT2D eigenvalue weighted by Crippen LogP contribution is 2.30. The van der Waals surface area contributed by atoms with Crippen LogP contribution >= 0.6 is 27.5 Å². The van der Waals surface area contributed by atoms with Crippen LogP contribution in [0.3, 0.4) is 0 Å². The molecule has 1 aromatic carbocycles. The van der Waals surface area contributed by atoms with E-state index in [1.807, 2.05) is 30.3 Å². The van der Waals surface area contributed by atoms with E-state index >= 15 is 0 Å². The van der Waals surface area contributed by atoms with E-state index in [9.17, 15) is 0 Å². The van der Waals surface area contributed by atoms with Crippen molar-refractivity contribution in [3.05, 3.63) is 51.6 Å². The number of pyridine rings is 1. The molecular formula is C16H18BrClN2O. The molecule has 0 unspecified atom stereocenters. The summed E-state index contributed by atoms with van der Waals surface area (Å²) >= 11 is 9.51. The SMILES string of the molecule is CC(C)CNCc1cccc(Oc2ccc(Br)cc2Cl)n1. The highest BCUT2D eigenvalue weighted by atomic mass is 79.9. The van der Waals surface area contributed by atoms with Crippen LogP contribution in [0.15, 0.2) is 40.9 Å². The van der Waals surface area contributed by atoms with E-state index < -0.39 is 0 Å². The van der Waals surface area contributed by atoms with Gasteiger partial charge in [0.2, 0.25) is 5.88 Å². The predicted molar refractivity (Wildman–Crippen MR) is 90.0 cm³/mol. The molecule has 0 radical (unpaired) electrons. The van der Waals surface area contributed by atoms with Crippen LogP contribution in [0.4, 0.5) is 0 Å². The molecule has 112 valence electrons. The third-order valence-corrected chi connectivity index (χ3v) is 3.54. The number of rotatable bonds is 6. The number of hydrogen-bond donors (Lipinski definition) is 1. The average Bonchev–Trinajstić information content (AvgIpc) is 2.42. The van der Waals surface area contributed by atoms with E-state index in [-0.39, 0.29) is 0 Å². The molecule has 0 fully saturated rings. The summed E-state index contributed by atoms with van der Waals surface area (Å²) in [5, 5.41) is 3.91. The third-order valence-electron chi connectivity index (χ3n) is 2.75.